The fourth-order valence-corrected chi connectivity index (χ4v) is 2.73. The first-order valence-electron chi connectivity index (χ1n) is 7.53. The van der Waals surface area contributed by atoms with E-state index in [1.165, 1.54) is 0 Å². The molecule has 1 aromatic heterocycles. The molecule has 3 rings (SSSR count). The van der Waals surface area contributed by atoms with Gasteiger partial charge < -0.3 is 10.8 Å². The highest BCUT2D eigenvalue weighted by Crippen LogP contribution is 2.28. The third-order valence-electron chi connectivity index (χ3n) is 3.76. The molecule has 0 fully saturated rings. The van der Waals surface area contributed by atoms with Gasteiger partial charge in [0.15, 0.2) is 5.11 Å². The minimum Gasteiger partial charge on any atom is -0.506 e. The van der Waals surface area contributed by atoms with Crippen LogP contribution in [-0.2, 0) is 0 Å². The van der Waals surface area contributed by atoms with E-state index in [1.54, 1.807) is 29.7 Å². The van der Waals surface area contributed by atoms with Crippen molar-refractivity contribution in [2.24, 2.45) is 10.8 Å². The Morgan fingerprint density at radius 1 is 1.16 bits per heavy atom. The molecule has 0 aliphatic heterocycles. The maximum Gasteiger partial charge on any atom is 0.268 e. The molecule has 0 bridgehead atoms. The van der Waals surface area contributed by atoms with E-state index < -0.39 is 0 Å². The van der Waals surface area contributed by atoms with Crippen LogP contribution in [0.15, 0.2) is 64.5 Å². The Morgan fingerprint density at radius 3 is 2.48 bits per heavy atom. The van der Waals surface area contributed by atoms with Crippen molar-refractivity contribution >= 4 is 33.9 Å². The summed E-state index contributed by atoms with van der Waals surface area (Å²) in [6, 6.07) is 16.4. The van der Waals surface area contributed by atoms with Gasteiger partial charge in [-0.2, -0.15) is 5.10 Å². The first kappa shape index (κ1) is 16.7. The lowest BCUT2D eigenvalue weighted by Crippen LogP contribution is -2.29. The average Bonchev–Trinajstić information content (AvgIpc) is 2.61. The van der Waals surface area contributed by atoms with Crippen LogP contribution in [0.4, 0.5) is 0 Å². The van der Waals surface area contributed by atoms with E-state index in [0.717, 1.165) is 0 Å². The van der Waals surface area contributed by atoms with E-state index in [2.05, 4.69) is 10.5 Å². The molecule has 4 N–H and O–H groups in total. The Morgan fingerprint density at radius 2 is 1.80 bits per heavy atom. The average molecular weight is 352 g/mol. The van der Waals surface area contributed by atoms with Gasteiger partial charge in [-0.05, 0) is 43.4 Å². The lowest BCUT2D eigenvalue weighted by molar-refractivity contribution is 0.478. The van der Waals surface area contributed by atoms with Crippen LogP contribution in [0, 0.1) is 0 Å². The van der Waals surface area contributed by atoms with Crippen molar-refractivity contribution < 1.29 is 5.11 Å². The zero-order chi connectivity index (χ0) is 18.0. The number of para-hydroxylation sites is 2. The van der Waals surface area contributed by atoms with Gasteiger partial charge in [-0.15, -0.1) is 0 Å². The van der Waals surface area contributed by atoms with Gasteiger partial charge in [0.2, 0.25) is 0 Å². The van der Waals surface area contributed by atoms with Gasteiger partial charge in [-0.3, -0.25) is 14.8 Å². The quantitative estimate of drug-likeness (QED) is 0.382. The van der Waals surface area contributed by atoms with E-state index in [-0.39, 0.29) is 27.7 Å². The van der Waals surface area contributed by atoms with E-state index in [9.17, 15) is 9.90 Å². The molecule has 0 amide bonds. The normalized spacial score (nSPS) is 11.5. The smallest absolute Gasteiger partial charge is 0.268 e. The molecule has 7 heteroatoms. The van der Waals surface area contributed by atoms with Gasteiger partial charge in [-0.25, -0.2) is 0 Å². The number of nitrogens with zero attached hydrogens (tertiary/aromatic N) is 2. The fourth-order valence-electron chi connectivity index (χ4n) is 2.68. The Labute approximate surface area is 149 Å². The molecular formula is C18H16N4O2S. The Kier molecular flexibility index (Phi) is 4.49. The summed E-state index contributed by atoms with van der Waals surface area (Å²) in [5.41, 5.74) is 9.11. The summed E-state index contributed by atoms with van der Waals surface area (Å²) in [5, 5.41) is 15.2. The lowest BCUT2D eigenvalue weighted by Gasteiger charge is -2.15. The maximum atomic E-state index is 13.1. The number of hydrogen-bond acceptors (Lipinski definition) is 4. The van der Waals surface area contributed by atoms with Crippen molar-refractivity contribution in [1.29, 1.82) is 0 Å². The second-order valence-corrected chi connectivity index (χ2v) is 5.83. The Hall–Kier alpha value is -3.19. The largest absolute Gasteiger partial charge is 0.506 e. The zero-order valence-corrected chi connectivity index (χ0v) is 14.2. The number of nitrogens with one attached hydrogen (secondary N) is 1. The number of hydrogen-bond donors (Lipinski definition) is 3. The summed E-state index contributed by atoms with van der Waals surface area (Å²) >= 11 is 4.72. The van der Waals surface area contributed by atoms with E-state index in [1.807, 2.05) is 36.4 Å². The molecule has 0 atom stereocenters. The van der Waals surface area contributed by atoms with Crippen molar-refractivity contribution in [2.45, 2.75) is 6.92 Å². The summed E-state index contributed by atoms with van der Waals surface area (Å²) in [6.07, 6.45) is 0. The molecule has 0 saturated heterocycles. The van der Waals surface area contributed by atoms with Crippen molar-refractivity contribution in [3.05, 3.63) is 70.5 Å². The summed E-state index contributed by atoms with van der Waals surface area (Å²) in [6.45, 7) is 1.60. The number of fused-ring (bicyclic) bond motifs is 1. The molecule has 25 heavy (non-hydrogen) atoms. The standard InChI is InChI=1S/C18H16N4O2S/c1-11(20-21-18(19)25)15-16(23)13-9-5-6-10-14(13)22(17(15)24)12-7-3-2-4-8-12/h2-10,23H,1H3,(H3,19,21,25)/b20-11-. The van der Waals surface area contributed by atoms with Crippen LogP contribution < -0.4 is 16.7 Å². The molecule has 0 spiro atoms. The lowest BCUT2D eigenvalue weighted by atomic mass is 10.1. The summed E-state index contributed by atoms with van der Waals surface area (Å²) in [4.78, 5) is 13.1. The first-order chi connectivity index (χ1) is 12.0. The summed E-state index contributed by atoms with van der Waals surface area (Å²) in [7, 11) is 0. The highest BCUT2D eigenvalue weighted by Gasteiger charge is 2.19. The third-order valence-corrected chi connectivity index (χ3v) is 3.86. The SMILES string of the molecule is C/C(=N/NC(N)=S)c1c(O)c2ccccc2n(-c2ccccc2)c1=O. The van der Waals surface area contributed by atoms with Crippen LogP contribution in [0.25, 0.3) is 16.6 Å². The third kappa shape index (κ3) is 3.09. The number of pyridine rings is 1. The zero-order valence-electron chi connectivity index (χ0n) is 13.4. The Balaban J connectivity index is 2.38. The van der Waals surface area contributed by atoms with E-state index >= 15 is 0 Å². The van der Waals surface area contributed by atoms with Crippen molar-refractivity contribution in [3.8, 4) is 11.4 Å². The molecular weight excluding hydrogens is 336 g/mol. The molecule has 0 aliphatic rings. The predicted octanol–water partition coefficient (Wildman–Crippen LogP) is 2.25. The highest BCUT2D eigenvalue weighted by atomic mass is 32.1. The van der Waals surface area contributed by atoms with Crippen LogP contribution in [0.2, 0.25) is 0 Å². The van der Waals surface area contributed by atoms with Crippen LogP contribution in [0.1, 0.15) is 12.5 Å². The molecule has 2 aromatic carbocycles. The maximum absolute atomic E-state index is 13.1. The summed E-state index contributed by atoms with van der Waals surface area (Å²) in [5.74, 6) is -0.126. The molecule has 126 valence electrons. The van der Waals surface area contributed by atoms with Gasteiger partial charge in [0, 0.05) is 11.1 Å². The highest BCUT2D eigenvalue weighted by molar-refractivity contribution is 7.80. The first-order valence-corrected chi connectivity index (χ1v) is 7.93. The number of rotatable bonds is 3. The minimum atomic E-state index is -0.381. The molecule has 6 nitrogen and oxygen atoms in total. The topological polar surface area (TPSA) is 92.6 Å². The van der Waals surface area contributed by atoms with Crippen molar-refractivity contribution in [2.75, 3.05) is 0 Å². The number of aromatic nitrogens is 1. The molecule has 0 aliphatic carbocycles. The van der Waals surface area contributed by atoms with Crippen molar-refractivity contribution in [1.82, 2.24) is 9.99 Å². The van der Waals surface area contributed by atoms with Crippen LogP contribution in [-0.4, -0.2) is 20.5 Å². The van der Waals surface area contributed by atoms with E-state index in [0.29, 0.717) is 16.6 Å². The number of aromatic hydroxyl groups is 1. The van der Waals surface area contributed by atoms with Gasteiger partial charge in [0.25, 0.3) is 5.56 Å². The van der Waals surface area contributed by atoms with Gasteiger partial charge >= 0.3 is 0 Å². The number of benzene rings is 2. The molecule has 0 saturated carbocycles. The second kappa shape index (κ2) is 6.74. The summed E-state index contributed by atoms with van der Waals surface area (Å²) < 4.78 is 1.55. The van der Waals surface area contributed by atoms with Crippen LogP contribution in [0.5, 0.6) is 5.75 Å². The monoisotopic (exact) mass is 352 g/mol. The minimum absolute atomic E-state index is 0.0250. The molecule has 0 unspecified atom stereocenters. The number of nitrogens with two attached hydrogens (primary N) is 1. The number of hydrazone groups is 1. The Bertz CT molecular complexity index is 1040. The van der Waals surface area contributed by atoms with Crippen molar-refractivity contribution in [3.63, 3.8) is 0 Å². The number of thiocarbonyl (C=S) groups is 1. The van der Waals surface area contributed by atoms with Gasteiger partial charge in [-0.1, -0.05) is 30.3 Å². The fraction of sp³-hybridized carbons (Fsp3) is 0.0556. The van der Waals surface area contributed by atoms with E-state index in [4.69, 9.17) is 18.0 Å². The molecule has 1 heterocycles. The molecule has 0 radical (unpaired) electrons. The van der Waals surface area contributed by atoms with Gasteiger partial charge in [0.05, 0.1) is 11.2 Å². The predicted molar refractivity (Wildman–Crippen MR) is 103 cm³/mol. The van der Waals surface area contributed by atoms with Crippen LogP contribution >= 0.6 is 12.2 Å². The second-order valence-electron chi connectivity index (χ2n) is 5.39. The molecule has 3 aromatic rings. The van der Waals surface area contributed by atoms with Crippen LogP contribution in [0.3, 0.4) is 0 Å². The van der Waals surface area contributed by atoms with Gasteiger partial charge in [0.1, 0.15) is 11.3 Å².